The number of para-hydroxylation sites is 2. The molecular weight excluding hydrogens is 359 g/mol. The maximum atomic E-state index is 13.9. The van der Waals surface area contributed by atoms with Gasteiger partial charge in [0, 0.05) is 17.6 Å². The number of carbonyl (C=O) groups is 1. The number of nitrogens with zero attached hydrogens (tertiary/aromatic N) is 1. The summed E-state index contributed by atoms with van der Waals surface area (Å²) in [7, 11) is 0. The minimum atomic E-state index is -0.527. The van der Waals surface area contributed by atoms with Crippen LogP contribution >= 0.6 is 15.9 Å². The van der Waals surface area contributed by atoms with Crippen LogP contribution in [0.4, 0.5) is 15.8 Å². The van der Waals surface area contributed by atoms with Gasteiger partial charge in [-0.2, -0.15) is 0 Å². The molecule has 1 aliphatic rings. The third-order valence-electron chi connectivity index (χ3n) is 4.02. The quantitative estimate of drug-likeness (QED) is 0.831. The molecule has 0 spiro atoms. The predicted octanol–water partition coefficient (Wildman–Crippen LogP) is 4.83. The molecule has 0 aromatic heterocycles. The highest BCUT2D eigenvalue weighted by Crippen LogP contribution is 2.29. The second-order valence-electron chi connectivity index (χ2n) is 5.64. The van der Waals surface area contributed by atoms with Crippen molar-refractivity contribution in [3.63, 3.8) is 0 Å². The Kier molecular flexibility index (Phi) is 4.96. The number of amides is 1. The van der Waals surface area contributed by atoms with Gasteiger partial charge in [0.2, 0.25) is 0 Å². The molecule has 1 fully saturated rings. The van der Waals surface area contributed by atoms with E-state index in [9.17, 15) is 9.18 Å². The highest BCUT2D eigenvalue weighted by molar-refractivity contribution is 9.10. The summed E-state index contributed by atoms with van der Waals surface area (Å²) in [6, 6.07) is 12.0. The van der Waals surface area contributed by atoms with Gasteiger partial charge in [-0.1, -0.05) is 28.1 Å². The molecule has 0 saturated carbocycles. The fourth-order valence-electron chi connectivity index (χ4n) is 2.85. The summed E-state index contributed by atoms with van der Waals surface area (Å²) in [5.74, 6) is -0.964. The lowest BCUT2D eigenvalue weighted by atomic mass is 10.1. The second kappa shape index (κ2) is 7.13. The molecule has 1 amide bonds. The van der Waals surface area contributed by atoms with Crippen LogP contribution < -0.4 is 10.2 Å². The summed E-state index contributed by atoms with van der Waals surface area (Å²) in [5, 5.41) is 2.85. The van der Waals surface area contributed by atoms with E-state index in [1.807, 2.05) is 24.3 Å². The van der Waals surface area contributed by atoms with Gasteiger partial charge in [-0.05, 0) is 49.6 Å². The Hall–Kier alpha value is -1.88. The first-order valence-corrected chi connectivity index (χ1v) is 8.55. The van der Waals surface area contributed by atoms with E-state index in [-0.39, 0.29) is 5.56 Å². The summed E-state index contributed by atoms with van der Waals surface area (Å²) in [6.07, 6.45) is 3.55. The molecule has 1 aliphatic heterocycles. The van der Waals surface area contributed by atoms with Gasteiger partial charge in [-0.15, -0.1) is 0 Å². The Labute approximate surface area is 143 Å². The van der Waals surface area contributed by atoms with E-state index in [1.165, 1.54) is 18.6 Å². The van der Waals surface area contributed by atoms with Crippen LogP contribution in [0, 0.1) is 5.82 Å². The summed E-state index contributed by atoms with van der Waals surface area (Å²) >= 11 is 3.27. The van der Waals surface area contributed by atoms with Gasteiger partial charge in [0.1, 0.15) is 5.82 Å². The molecule has 2 aromatic rings. The van der Waals surface area contributed by atoms with Crippen molar-refractivity contribution in [2.24, 2.45) is 0 Å². The molecule has 120 valence electrons. The van der Waals surface area contributed by atoms with Gasteiger partial charge in [-0.25, -0.2) is 4.39 Å². The summed E-state index contributed by atoms with van der Waals surface area (Å²) < 4.78 is 14.6. The molecule has 1 heterocycles. The van der Waals surface area contributed by atoms with E-state index in [0.717, 1.165) is 37.3 Å². The van der Waals surface area contributed by atoms with Crippen molar-refractivity contribution >= 4 is 33.2 Å². The molecule has 3 rings (SSSR count). The maximum Gasteiger partial charge on any atom is 0.258 e. The summed E-state index contributed by atoms with van der Waals surface area (Å²) in [5.41, 5.74) is 1.75. The Balaban J connectivity index is 1.85. The van der Waals surface area contributed by atoms with Crippen molar-refractivity contribution in [3.8, 4) is 0 Å². The SMILES string of the molecule is O=C(Nc1ccccc1N1CCCCC1)c1cc(Br)ccc1F. The van der Waals surface area contributed by atoms with Gasteiger partial charge in [-0.3, -0.25) is 4.79 Å². The number of hydrogen-bond donors (Lipinski definition) is 1. The van der Waals surface area contributed by atoms with E-state index in [0.29, 0.717) is 4.47 Å². The average Bonchev–Trinajstić information content (AvgIpc) is 2.58. The predicted molar refractivity (Wildman–Crippen MR) is 94.6 cm³/mol. The number of benzene rings is 2. The molecule has 0 atom stereocenters. The topological polar surface area (TPSA) is 32.3 Å². The Morgan fingerprint density at radius 3 is 2.61 bits per heavy atom. The fraction of sp³-hybridized carbons (Fsp3) is 0.278. The van der Waals surface area contributed by atoms with Crippen LogP contribution in [-0.2, 0) is 0 Å². The zero-order chi connectivity index (χ0) is 16.2. The second-order valence-corrected chi connectivity index (χ2v) is 6.56. The van der Waals surface area contributed by atoms with Crippen LogP contribution in [0.3, 0.4) is 0 Å². The Bertz CT molecular complexity index is 714. The smallest absolute Gasteiger partial charge is 0.258 e. The van der Waals surface area contributed by atoms with Crippen LogP contribution in [-0.4, -0.2) is 19.0 Å². The summed E-state index contributed by atoms with van der Waals surface area (Å²) in [6.45, 7) is 1.97. The van der Waals surface area contributed by atoms with Gasteiger partial charge in [0.05, 0.1) is 16.9 Å². The third kappa shape index (κ3) is 3.72. The fourth-order valence-corrected chi connectivity index (χ4v) is 3.21. The lowest BCUT2D eigenvalue weighted by Gasteiger charge is -2.30. The van der Waals surface area contributed by atoms with Crippen molar-refractivity contribution in [2.75, 3.05) is 23.3 Å². The lowest BCUT2D eigenvalue weighted by molar-refractivity contribution is 0.102. The Morgan fingerprint density at radius 1 is 1.09 bits per heavy atom. The number of hydrogen-bond acceptors (Lipinski definition) is 2. The van der Waals surface area contributed by atoms with Gasteiger partial charge in [0.25, 0.3) is 5.91 Å². The molecule has 1 N–H and O–H groups in total. The maximum absolute atomic E-state index is 13.9. The molecule has 3 nitrogen and oxygen atoms in total. The van der Waals surface area contributed by atoms with Crippen molar-refractivity contribution in [3.05, 3.63) is 58.3 Å². The molecule has 2 aromatic carbocycles. The molecule has 1 saturated heterocycles. The number of nitrogens with one attached hydrogen (secondary N) is 1. The van der Waals surface area contributed by atoms with Gasteiger partial charge < -0.3 is 10.2 Å². The van der Waals surface area contributed by atoms with E-state index in [1.54, 1.807) is 6.07 Å². The van der Waals surface area contributed by atoms with Gasteiger partial charge >= 0.3 is 0 Å². The third-order valence-corrected chi connectivity index (χ3v) is 4.52. The molecule has 23 heavy (non-hydrogen) atoms. The largest absolute Gasteiger partial charge is 0.370 e. The molecule has 0 unspecified atom stereocenters. The van der Waals surface area contributed by atoms with E-state index >= 15 is 0 Å². The number of rotatable bonds is 3. The van der Waals surface area contributed by atoms with Crippen LogP contribution in [0.15, 0.2) is 46.9 Å². The minimum Gasteiger partial charge on any atom is -0.370 e. The number of carbonyl (C=O) groups excluding carboxylic acids is 1. The first-order chi connectivity index (χ1) is 11.1. The molecule has 5 heteroatoms. The minimum absolute atomic E-state index is 0.0350. The average molecular weight is 377 g/mol. The molecule has 0 radical (unpaired) electrons. The van der Waals surface area contributed by atoms with Crippen molar-refractivity contribution < 1.29 is 9.18 Å². The van der Waals surface area contributed by atoms with Crippen molar-refractivity contribution in [1.29, 1.82) is 0 Å². The van der Waals surface area contributed by atoms with E-state index in [2.05, 4.69) is 26.1 Å². The number of piperidine rings is 1. The normalized spacial score (nSPS) is 14.6. The first-order valence-electron chi connectivity index (χ1n) is 7.75. The van der Waals surface area contributed by atoms with Gasteiger partial charge in [0.15, 0.2) is 0 Å². The molecular formula is C18H18BrFN2O. The van der Waals surface area contributed by atoms with Crippen molar-refractivity contribution in [1.82, 2.24) is 0 Å². The monoisotopic (exact) mass is 376 g/mol. The van der Waals surface area contributed by atoms with Crippen LogP contribution in [0.2, 0.25) is 0 Å². The lowest BCUT2D eigenvalue weighted by Crippen LogP contribution is -2.30. The van der Waals surface area contributed by atoms with Crippen molar-refractivity contribution in [2.45, 2.75) is 19.3 Å². The Morgan fingerprint density at radius 2 is 1.83 bits per heavy atom. The summed E-state index contributed by atoms with van der Waals surface area (Å²) in [4.78, 5) is 14.7. The van der Waals surface area contributed by atoms with Crippen LogP contribution in [0.1, 0.15) is 29.6 Å². The highest BCUT2D eigenvalue weighted by atomic mass is 79.9. The van der Waals surface area contributed by atoms with Crippen LogP contribution in [0.25, 0.3) is 0 Å². The highest BCUT2D eigenvalue weighted by Gasteiger charge is 2.17. The zero-order valence-corrected chi connectivity index (χ0v) is 14.3. The first kappa shape index (κ1) is 16.0. The molecule has 0 aliphatic carbocycles. The standard InChI is InChI=1S/C18H18BrFN2O/c19-13-8-9-15(20)14(12-13)18(23)21-16-6-2-3-7-17(16)22-10-4-1-5-11-22/h2-3,6-9,12H,1,4-5,10-11H2,(H,21,23). The zero-order valence-electron chi connectivity index (χ0n) is 12.7. The number of halogens is 2. The van der Waals surface area contributed by atoms with Crippen LogP contribution in [0.5, 0.6) is 0 Å². The van der Waals surface area contributed by atoms with E-state index in [4.69, 9.17) is 0 Å². The number of anilines is 2. The van der Waals surface area contributed by atoms with E-state index < -0.39 is 11.7 Å². The molecule has 0 bridgehead atoms.